The van der Waals surface area contributed by atoms with Crippen LogP contribution in [-0.4, -0.2) is 63.2 Å². The summed E-state index contributed by atoms with van der Waals surface area (Å²) < 4.78 is 7.94. The second-order valence-corrected chi connectivity index (χ2v) is 10.5. The van der Waals surface area contributed by atoms with Crippen LogP contribution < -0.4 is 16.0 Å². The topological polar surface area (TPSA) is 109 Å². The summed E-state index contributed by atoms with van der Waals surface area (Å²) in [5.41, 5.74) is 8.23. The lowest BCUT2D eigenvalue weighted by Crippen LogP contribution is -2.40. The van der Waals surface area contributed by atoms with Gasteiger partial charge in [-0.05, 0) is 68.6 Å². The lowest BCUT2D eigenvalue weighted by atomic mass is 10.1. The Labute approximate surface area is 232 Å². The molecule has 2 fully saturated rings. The number of nitrogens with one attached hydrogen (secondary N) is 1. The first-order valence-corrected chi connectivity index (χ1v) is 14.0. The van der Waals surface area contributed by atoms with E-state index in [1.54, 1.807) is 6.08 Å². The summed E-state index contributed by atoms with van der Waals surface area (Å²) >= 11 is 0. The van der Waals surface area contributed by atoms with Gasteiger partial charge in [0.25, 0.3) is 5.56 Å². The number of aromatic amines is 1. The molecule has 2 aliphatic heterocycles. The maximum Gasteiger partial charge on any atom is 0.288 e. The smallest absolute Gasteiger partial charge is 0.288 e. The highest BCUT2D eigenvalue weighted by atomic mass is 16.5. The van der Waals surface area contributed by atoms with Gasteiger partial charge < -0.3 is 19.9 Å². The minimum absolute atomic E-state index is 0.0182. The fraction of sp³-hybridized carbons (Fsp3) is 0.323. The summed E-state index contributed by atoms with van der Waals surface area (Å²) in [5.74, 6) is 1.75. The van der Waals surface area contributed by atoms with Gasteiger partial charge in [-0.15, -0.1) is 0 Å². The van der Waals surface area contributed by atoms with Gasteiger partial charge in [-0.2, -0.15) is 5.10 Å². The number of carbonyl (C=O) groups is 1. The van der Waals surface area contributed by atoms with E-state index in [-0.39, 0.29) is 23.3 Å². The third-order valence-corrected chi connectivity index (χ3v) is 7.85. The molecule has 0 aliphatic carbocycles. The number of carbonyl (C=O) groups excluding carboxylic acids is 1. The molecule has 1 amide bonds. The van der Waals surface area contributed by atoms with E-state index >= 15 is 0 Å². The zero-order valence-electron chi connectivity index (χ0n) is 22.5. The van der Waals surface area contributed by atoms with Crippen LogP contribution in [0.1, 0.15) is 31.7 Å². The minimum Gasteiger partial charge on any atom is -0.457 e. The second-order valence-electron chi connectivity index (χ2n) is 10.5. The molecule has 9 nitrogen and oxygen atoms in total. The van der Waals surface area contributed by atoms with Crippen molar-refractivity contribution in [2.45, 2.75) is 31.7 Å². The number of amides is 1. The Morgan fingerprint density at radius 3 is 2.55 bits per heavy atom. The number of benzene rings is 2. The van der Waals surface area contributed by atoms with Crippen LogP contribution in [0.4, 0.5) is 5.82 Å². The molecule has 0 unspecified atom stereocenters. The van der Waals surface area contributed by atoms with Crippen molar-refractivity contribution in [2.75, 3.05) is 38.5 Å². The fourth-order valence-corrected chi connectivity index (χ4v) is 5.82. The normalized spacial score (nSPS) is 18.1. The van der Waals surface area contributed by atoms with Crippen LogP contribution in [0.25, 0.3) is 22.0 Å². The lowest BCUT2D eigenvalue weighted by Gasteiger charge is -2.33. The molecule has 4 heterocycles. The predicted molar refractivity (Wildman–Crippen MR) is 156 cm³/mol. The molecular weight excluding hydrogens is 504 g/mol. The van der Waals surface area contributed by atoms with E-state index < -0.39 is 0 Å². The van der Waals surface area contributed by atoms with Gasteiger partial charge in [-0.3, -0.25) is 14.5 Å². The number of rotatable bonds is 7. The maximum absolute atomic E-state index is 13.1. The summed E-state index contributed by atoms with van der Waals surface area (Å²) in [6.45, 7) is 4.25. The molecule has 2 aromatic heterocycles. The lowest BCUT2D eigenvalue weighted by molar-refractivity contribution is -0.127. The van der Waals surface area contributed by atoms with Gasteiger partial charge in [0.05, 0.1) is 11.4 Å². The number of para-hydroxylation sites is 1. The second kappa shape index (κ2) is 11.4. The van der Waals surface area contributed by atoms with Crippen molar-refractivity contribution < 1.29 is 9.53 Å². The number of nitrogens with two attached hydrogens (primary N) is 1. The summed E-state index contributed by atoms with van der Waals surface area (Å²) in [6.07, 6.45) is 9.83. The molecular formula is C31H34N6O3. The number of nitrogens with zero attached hydrogens (tertiary/aromatic N) is 4. The first kappa shape index (κ1) is 25.9. The van der Waals surface area contributed by atoms with Crippen LogP contribution >= 0.6 is 0 Å². The zero-order valence-corrected chi connectivity index (χ0v) is 22.5. The Hall–Kier alpha value is -4.37. The number of nitrogen functional groups attached to an aromatic ring is 1. The standard InChI is InChI=1S/C31H34N6O3/c32-30-28-26(22-12-14-25(15-13-22)40-24-9-2-1-3-10-24)21-37(29(28)31(39)34-33-30)23-8-6-19-36(20-23)27(38)11-7-18-35-16-4-5-17-35/h1-3,7,9-15,21,23H,4-6,8,16-20H2,(H2,32,33)(H,34,39)/b11-7+/t23-/m1/s1. The molecule has 2 aliphatic rings. The Morgan fingerprint density at radius 2 is 1.77 bits per heavy atom. The number of fused-ring (bicyclic) bond motifs is 1. The predicted octanol–water partition coefficient (Wildman–Crippen LogP) is 4.58. The third-order valence-electron chi connectivity index (χ3n) is 7.85. The molecule has 206 valence electrons. The molecule has 6 rings (SSSR count). The number of ether oxygens (including phenoxy) is 1. The first-order valence-electron chi connectivity index (χ1n) is 14.0. The number of likely N-dealkylation sites (tertiary alicyclic amines) is 2. The molecule has 2 saturated heterocycles. The molecule has 3 N–H and O–H groups in total. The van der Waals surface area contributed by atoms with E-state index in [0.717, 1.165) is 49.4 Å². The number of aromatic nitrogens is 3. The van der Waals surface area contributed by atoms with Crippen molar-refractivity contribution in [2.24, 2.45) is 0 Å². The zero-order chi connectivity index (χ0) is 27.5. The highest BCUT2D eigenvalue weighted by molar-refractivity contribution is 6.02. The molecule has 40 heavy (non-hydrogen) atoms. The van der Waals surface area contributed by atoms with Gasteiger partial charge >= 0.3 is 0 Å². The average molecular weight is 539 g/mol. The van der Waals surface area contributed by atoms with Crippen molar-refractivity contribution in [3.8, 4) is 22.6 Å². The number of hydrogen-bond donors (Lipinski definition) is 2. The van der Waals surface area contributed by atoms with Crippen LogP contribution in [-0.2, 0) is 4.79 Å². The Balaban J connectivity index is 1.26. The van der Waals surface area contributed by atoms with E-state index in [1.807, 2.05) is 76.3 Å². The van der Waals surface area contributed by atoms with Gasteiger partial charge in [-0.1, -0.05) is 36.4 Å². The van der Waals surface area contributed by atoms with E-state index in [4.69, 9.17) is 10.5 Å². The van der Waals surface area contributed by atoms with E-state index in [0.29, 0.717) is 29.7 Å². The molecule has 4 aromatic rings. The van der Waals surface area contributed by atoms with Gasteiger partial charge in [0.1, 0.15) is 17.0 Å². The third kappa shape index (κ3) is 5.37. The van der Waals surface area contributed by atoms with Gasteiger partial charge in [0.2, 0.25) is 5.91 Å². The SMILES string of the molecule is Nc1n[nH]c(=O)c2c1c(-c1ccc(Oc3ccccc3)cc1)cn2[C@@H]1CCCN(C(=O)/C=C/CN2CCCC2)C1. The van der Waals surface area contributed by atoms with Crippen molar-refractivity contribution in [3.63, 3.8) is 0 Å². The number of hydrogen-bond acceptors (Lipinski definition) is 6. The molecule has 0 bridgehead atoms. The fourth-order valence-electron chi connectivity index (χ4n) is 5.82. The van der Waals surface area contributed by atoms with Crippen LogP contribution in [0.5, 0.6) is 11.5 Å². The largest absolute Gasteiger partial charge is 0.457 e. The summed E-state index contributed by atoms with van der Waals surface area (Å²) in [6, 6.07) is 17.3. The Morgan fingerprint density at radius 1 is 1.02 bits per heavy atom. The number of piperidine rings is 1. The van der Waals surface area contributed by atoms with Crippen molar-refractivity contribution in [1.29, 1.82) is 0 Å². The summed E-state index contributed by atoms with van der Waals surface area (Å²) in [7, 11) is 0. The molecule has 2 aromatic carbocycles. The molecule has 0 saturated carbocycles. The highest BCUT2D eigenvalue weighted by Crippen LogP contribution is 2.36. The maximum atomic E-state index is 13.1. The monoisotopic (exact) mass is 538 g/mol. The highest BCUT2D eigenvalue weighted by Gasteiger charge is 2.27. The van der Waals surface area contributed by atoms with Crippen molar-refractivity contribution in [1.82, 2.24) is 24.6 Å². The van der Waals surface area contributed by atoms with Crippen molar-refractivity contribution in [3.05, 3.63) is 83.3 Å². The van der Waals surface area contributed by atoms with E-state index in [1.165, 1.54) is 12.8 Å². The summed E-state index contributed by atoms with van der Waals surface area (Å²) in [4.78, 5) is 30.3. The van der Waals surface area contributed by atoms with Gasteiger partial charge in [-0.25, -0.2) is 5.10 Å². The Bertz CT molecular complexity index is 1570. The van der Waals surface area contributed by atoms with Crippen molar-refractivity contribution >= 4 is 22.6 Å². The average Bonchev–Trinajstić information content (AvgIpc) is 3.65. The molecule has 1 atom stereocenters. The number of anilines is 1. The van der Waals surface area contributed by atoms with Crippen LogP contribution in [0.2, 0.25) is 0 Å². The summed E-state index contributed by atoms with van der Waals surface area (Å²) in [5, 5.41) is 7.22. The van der Waals surface area contributed by atoms with Crippen LogP contribution in [0, 0.1) is 0 Å². The Kier molecular flexibility index (Phi) is 7.37. The van der Waals surface area contributed by atoms with Crippen LogP contribution in [0.15, 0.2) is 77.7 Å². The molecule has 0 spiro atoms. The first-order chi connectivity index (χ1) is 19.6. The minimum atomic E-state index is -0.298. The van der Waals surface area contributed by atoms with Gasteiger partial charge in [0, 0.05) is 37.5 Å². The molecule has 0 radical (unpaired) electrons. The van der Waals surface area contributed by atoms with Gasteiger partial charge in [0.15, 0.2) is 5.82 Å². The van der Waals surface area contributed by atoms with E-state index in [2.05, 4.69) is 15.1 Å². The quantitative estimate of drug-likeness (QED) is 0.333. The van der Waals surface area contributed by atoms with Crippen LogP contribution in [0.3, 0.4) is 0 Å². The molecule has 9 heteroatoms. The number of H-pyrrole nitrogens is 1. The van der Waals surface area contributed by atoms with E-state index in [9.17, 15) is 9.59 Å².